The maximum absolute atomic E-state index is 9.46. The van der Waals surface area contributed by atoms with Crippen LogP contribution >= 0.6 is 0 Å². The van der Waals surface area contributed by atoms with Crippen molar-refractivity contribution in [1.82, 2.24) is 0 Å². The fraction of sp³-hybridized carbons (Fsp3) is 0.400. The molecule has 1 atom stereocenters. The van der Waals surface area contributed by atoms with E-state index in [1.165, 1.54) is 18.2 Å². The molecule has 1 rings (SSSR count). The average Bonchev–Trinajstić information content (AvgIpc) is 2.08. The Kier molecular flexibility index (Phi) is 2.78. The summed E-state index contributed by atoms with van der Waals surface area (Å²) in [6, 6.07) is 4.14. The van der Waals surface area contributed by atoms with Crippen molar-refractivity contribution in [2.75, 3.05) is 0 Å². The van der Waals surface area contributed by atoms with Gasteiger partial charge in [0.05, 0.1) is 0 Å². The fourth-order valence-corrected chi connectivity index (χ4v) is 1.17. The Morgan fingerprint density at radius 2 is 1.85 bits per heavy atom. The zero-order valence-corrected chi connectivity index (χ0v) is 7.86. The second-order valence-electron chi connectivity index (χ2n) is 3.51. The number of hydrogen-bond donors (Lipinski definition) is 3. The molecular formula is C10H15NO2. The smallest absolute Gasteiger partial charge is 0.120 e. The van der Waals surface area contributed by atoms with Gasteiger partial charge in [0.15, 0.2) is 0 Å². The highest BCUT2D eigenvalue weighted by Gasteiger charge is 2.14. The Labute approximate surface area is 77.8 Å². The molecule has 0 spiro atoms. The topological polar surface area (TPSA) is 66.5 Å². The third-order valence-electron chi connectivity index (χ3n) is 2.09. The molecule has 0 aromatic heterocycles. The standard InChI is InChI=1S/C10H15NO2/c1-6(2)10(11)8-5-7(12)3-4-9(8)13/h3-6,10,12-13H,11H2,1-2H3/t10-/m0/s1. The highest BCUT2D eigenvalue weighted by molar-refractivity contribution is 5.40. The molecule has 3 nitrogen and oxygen atoms in total. The van der Waals surface area contributed by atoms with Crippen molar-refractivity contribution in [3.63, 3.8) is 0 Å². The molecule has 0 aliphatic carbocycles. The van der Waals surface area contributed by atoms with E-state index in [0.29, 0.717) is 5.56 Å². The van der Waals surface area contributed by atoms with E-state index >= 15 is 0 Å². The van der Waals surface area contributed by atoms with E-state index in [-0.39, 0.29) is 23.5 Å². The summed E-state index contributed by atoms with van der Waals surface area (Å²) in [7, 11) is 0. The molecule has 13 heavy (non-hydrogen) atoms. The molecule has 0 bridgehead atoms. The second kappa shape index (κ2) is 3.66. The van der Waals surface area contributed by atoms with Crippen LogP contribution < -0.4 is 5.73 Å². The van der Waals surface area contributed by atoms with E-state index < -0.39 is 0 Å². The normalized spacial score (nSPS) is 13.2. The van der Waals surface area contributed by atoms with Crippen LogP contribution in [-0.4, -0.2) is 10.2 Å². The summed E-state index contributed by atoms with van der Waals surface area (Å²) in [6.07, 6.45) is 0. The van der Waals surface area contributed by atoms with Crippen molar-refractivity contribution >= 4 is 0 Å². The van der Waals surface area contributed by atoms with E-state index in [0.717, 1.165) is 0 Å². The lowest BCUT2D eigenvalue weighted by Crippen LogP contribution is -2.16. The molecular weight excluding hydrogens is 166 g/mol. The van der Waals surface area contributed by atoms with Crippen LogP contribution in [0.25, 0.3) is 0 Å². The predicted octanol–water partition coefficient (Wildman–Crippen LogP) is 1.75. The zero-order valence-electron chi connectivity index (χ0n) is 7.86. The minimum Gasteiger partial charge on any atom is -0.508 e. The highest BCUT2D eigenvalue weighted by atomic mass is 16.3. The molecule has 0 fully saturated rings. The van der Waals surface area contributed by atoms with Gasteiger partial charge in [-0.15, -0.1) is 0 Å². The Morgan fingerprint density at radius 3 is 2.38 bits per heavy atom. The second-order valence-corrected chi connectivity index (χ2v) is 3.51. The molecule has 1 aromatic rings. The van der Waals surface area contributed by atoms with Crippen LogP contribution in [0, 0.1) is 5.92 Å². The lowest BCUT2D eigenvalue weighted by Gasteiger charge is -2.17. The van der Waals surface area contributed by atoms with Crippen molar-refractivity contribution in [3.8, 4) is 11.5 Å². The SMILES string of the molecule is CC(C)[C@H](N)c1cc(O)ccc1O. The number of rotatable bonds is 2. The van der Waals surface area contributed by atoms with Crippen molar-refractivity contribution in [1.29, 1.82) is 0 Å². The quantitative estimate of drug-likeness (QED) is 0.609. The van der Waals surface area contributed by atoms with Crippen LogP contribution in [-0.2, 0) is 0 Å². The van der Waals surface area contributed by atoms with E-state index in [2.05, 4.69) is 0 Å². The Bertz CT molecular complexity index is 297. The predicted molar refractivity (Wildman–Crippen MR) is 51.5 cm³/mol. The van der Waals surface area contributed by atoms with Crippen molar-refractivity contribution < 1.29 is 10.2 Å². The van der Waals surface area contributed by atoms with Gasteiger partial charge in [0.2, 0.25) is 0 Å². The van der Waals surface area contributed by atoms with E-state index in [4.69, 9.17) is 5.73 Å². The van der Waals surface area contributed by atoms with E-state index in [1.807, 2.05) is 13.8 Å². The molecule has 0 saturated carbocycles. The summed E-state index contributed by atoms with van der Waals surface area (Å²) in [5.41, 5.74) is 6.43. The van der Waals surface area contributed by atoms with Crippen LogP contribution in [0.1, 0.15) is 25.5 Å². The number of phenols is 2. The van der Waals surface area contributed by atoms with Gasteiger partial charge in [-0.05, 0) is 24.1 Å². The molecule has 4 N–H and O–H groups in total. The molecule has 3 heteroatoms. The molecule has 0 unspecified atom stereocenters. The van der Waals surface area contributed by atoms with Crippen molar-refractivity contribution in [3.05, 3.63) is 23.8 Å². The van der Waals surface area contributed by atoms with Gasteiger partial charge in [-0.1, -0.05) is 13.8 Å². The average molecular weight is 181 g/mol. The first-order chi connectivity index (χ1) is 6.02. The van der Waals surface area contributed by atoms with Crippen LogP contribution in [0.4, 0.5) is 0 Å². The first kappa shape index (κ1) is 9.86. The molecule has 0 aliphatic heterocycles. The van der Waals surface area contributed by atoms with E-state index in [9.17, 15) is 10.2 Å². The van der Waals surface area contributed by atoms with E-state index in [1.54, 1.807) is 0 Å². The van der Waals surface area contributed by atoms with Gasteiger partial charge in [-0.2, -0.15) is 0 Å². The van der Waals surface area contributed by atoms with Gasteiger partial charge in [-0.3, -0.25) is 0 Å². The van der Waals surface area contributed by atoms with Crippen LogP contribution in [0.2, 0.25) is 0 Å². The highest BCUT2D eigenvalue weighted by Crippen LogP contribution is 2.30. The third-order valence-corrected chi connectivity index (χ3v) is 2.09. The third kappa shape index (κ3) is 2.12. The van der Waals surface area contributed by atoms with Gasteiger partial charge in [-0.25, -0.2) is 0 Å². The van der Waals surface area contributed by atoms with Crippen molar-refractivity contribution in [2.45, 2.75) is 19.9 Å². The maximum atomic E-state index is 9.46. The summed E-state index contributed by atoms with van der Waals surface area (Å²) < 4.78 is 0. The summed E-state index contributed by atoms with van der Waals surface area (Å²) in [4.78, 5) is 0. The summed E-state index contributed by atoms with van der Waals surface area (Å²) in [5, 5.41) is 18.7. The fourth-order valence-electron chi connectivity index (χ4n) is 1.17. The Morgan fingerprint density at radius 1 is 1.23 bits per heavy atom. The Balaban J connectivity index is 3.05. The van der Waals surface area contributed by atoms with Gasteiger partial charge in [0, 0.05) is 11.6 Å². The molecule has 0 aliphatic rings. The van der Waals surface area contributed by atoms with Gasteiger partial charge in [0.1, 0.15) is 11.5 Å². The zero-order chi connectivity index (χ0) is 10.0. The summed E-state index contributed by atoms with van der Waals surface area (Å²) in [6.45, 7) is 3.93. The Hall–Kier alpha value is -1.22. The number of phenolic OH excluding ortho intramolecular Hbond substituents is 2. The monoisotopic (exact) mass is 181 g/mol. The molecule has 72 valence electrons. The minimum absolute atomic E-state index is 0.129. The largest absolute Gasteiger partial charge is 0.508 e. The lowest BCUT2D eigenvalue weighted by molar-refractivity contribution is 0.430. The summed E-state index contributed by atoms with van der Waals surface area (Å²) >= 11 is 0. The number of benzene rings is 1. The van der Waals surface area contributed by atoms with Crippen LogP contribution in [0.3, 0.4) is 0 Å². The lowest BCUT2D eigenvalue weighted by atomic mass is 9.96. The molecule has 0 heterocycles. The van der Waals surface area contributed by atoms with Crippen molar-refractivity contribution in [2.24, 2.45) is 11.7 Å². The molecule has 0 radical (unpaired) electrons. The maximum Gasteiger partial charge on any atom is 0.120 e. The number of hydrogen-bond acceptors (Lipinski definition) is 3. The first-order valence-corrected chi connectivity index (χ1v) is 4.30. The molecule has 0 saturated heterocycles. The van der Waals surface area contributed by atoms with Crippen LogP contribution in [0.5, 0.6) is 11.5 Å². The number of aromatic hydroxyl groups is 2. The van der Waals surface area contributed by atoms with Gasteiger partial charge >= 0.3 is 0 Å². The van der Waals surface area contributed by atoms with Crippen LogP contribution in [0.15, 0.2) is 18.2 Å². The summed E-state index contributed by atoms with van der Waals surface area (Å²) in [5.74, 6) is 0.496. The number of nitrogens with two attached hydrogens (primary N) is 1. The minimum atomic E-state index is -0.243. The first-order valence-electron chi connectivity index (χ1n) is 4.30. The van der Waals surface area contributed by atoms with Gasteiger partial charge in [0.25, 0.3) is 0 Å². The molecule has 1 aromatic carbocycles. The molecule has 0 amide bonds. The van der Waals surface area contributed by atoms with Gasteiger partial charge < -0.3 is 15.9 Å².